The van der Waals surface area contributed by atoms with Crippen LogP contribution >= 0.6 is 0 Å². The maximum Gasteiger partial charge on any atom is 0.257 e. The third-order valence-electron chi connectivity index (χ3n) is 6.32. The molecule has 2 amide bonds. The van der Waals surface area contributed by atoms with E-state index in [1.165, 1.54) is 60.5 Å². The fourth-order valence-corrected chi connectivity index (χ4v) is 5.76. The Balaban J connectivity index is 1.52. The molecule has 5 rings (SSSR count). The Morgan fingerprint density at radius 1 is 1.03 bits per heavy atom. The predicted molar refractivity (Wildman–Crippen MR) is 137 cm³/mol. The number of anilines is 2. The van der Waals surface area contributed by atoms with E-state index in [0.29, 0.717) is 5.56 Å². The average Bonchev–Trinajstić information content (AvgIpc) is 2.90. The summed E-state index contributed by atoms with van der Waals surface area (Å²) in [6, 6.07) is 12.8. The molecule has 0 spiro atoms. The number of nitrogens with zero attached hydrogens (tertiary/aromatic N) is 1. The Hall–Kier alpha value is -4.58. The van der Waals surface area contributed by atoms with Crippen LogP contribution in [-0.4, -0.2) is 39.7 Å². The van der Waals surface area contributed by atoms with E-state index in [9.17, 15) is 31.6 Å². The first-order chi connectivity index (χ1) is 18.6. The lowest BCUT2D eigenvalue weighted by atomic mass is 9.87. The van der Waals surface area contributed by atoms with Gasteiger partial charge in [-0.1, -0.05) is 12.1 Å². The molecule has 0 fully saturated rings. The van der Waals surface area contributed by atoms with Crippen LogP contribution in [0.15, 0.2) is 76.7 Å². The number of Topliss-reactive ketones (excluding diaryl/α,β-unsaturated/α-hetero) is 1. The summed E-state index contributed by atoms with van der Waals surface area (Å²) in [6.45, 7) is -0.390. The Bertz CT molecular complexity index is 1650. The standard InChI is InChI=1S/C27H21F2N3O6S/c1-30-24(33)13-38-18-7-8-20-23(11-18)39(36,37)14-21(31-20)25-26(34)19-10-17(29)6-9-22(19)32(27(25)35)12-15-2-4-16(28)5-3-15/h2-11,14,25,31H,12-13H2,1H3,(H,30,33). The van der Waals surface area contributed by atoms with Crippen molar-refractivity contribution in [1.82, 2.24) is 5.32 Å². The van der Waals surface area contributed by atoms with Crippen molar-refractivity contribution in [2.75, 3.05) is 23.9 Å². The van der Waals surface area contributed by atoms with Crippen molar-refractivity contribution in [3.63, 3.8) is 0 Å². The van der Waals surface area contributed by atoms with E-state index in [4.69, 9.17) is 4.74 Å². The molecule has 2 aliphatic heterocycles. The minimum absolute atomic E-state index is 0.0653. The van der Waals surface area contributed by atoms with E-state index in [1.54, 1.807) is 0 Å². The molecule has 0 aromatic heterocycles. The maximum absolute atomic E-state index is 14.2. The number of halogens is 2. The minimum atomic E-state index is -4.16. The third kappa shape index (κ3) is 4.98. The van der Waals surface area contributed by atoms with Crippen LogP contribution in [0.2, 0.25) is 0 Å². The second kappa shape index (κ2) is 9.95. The van der Waals surface area contributed by atoms with Crippen molar-refractivity contribution in [3.8, 4) is 5.75 Å². The van der Waals surface area contributed by atoms with Gasteiger partial charge in [0, 0.05) is 24.4 Å². The molecule has 2 heterocycles. The molecule has 3 aromatic rings. The SMILES string of the molecule is CNC(=O)COc1ccc2c(c1)S(=O)(=O)C=C(C1C(=O)c3cc(F)ccc3N(Cc3ccc(F)cc3)C1=O)N2. The number of carbonyl (C=O) groups excluding carboxylic acids is 3. The number of benzene rings is 3. The van der Waals surface area contributed by atoms with E-state index in [2.05, 4.69) is 10.6 Å². The van der Waals surface area contributed by atoms with Crippen molar-refractivity contribution in [1.29, 1.82) is 0 Å². The normalized spacial score (nSPS) is 17.5. The smallest absolute Gasteiger partial charge is 0.257 e. The topological polar surface area (TPSA) is 122 Å². The van der Waals surface area contributed by atoms with E-state index in [0.717, 1.165) is 17.5 Å². The molecule has 2 N–H and O–H groups in total. The summed E-state index contributed by atoms with van der Waals surface area (Å²) in [5.41, 5.74) is 0.502. The molecule has 2 aliphatic rings. The summed E-state index contributed by atoms with van der Waals surface area (Å²) in [4.78, 5) is 39.7. The lowest BCUT2D eigenvalue weighted by Gasteiger charge is -2.35. The molecule has 1 atom stereocenters. The molecule has 3 aromatic carbocycles. The monoisotopic (exact) mass is 553 g/mol. The van der Waals surface area contributed by atoms with Gasteiger partial charge in [0.15, 0.2) is 12.4 Å². The number of amides is 2. The molecule has 0 saturated carbocycles. The summed E-state index contributed by atoms with van der Waals surface area (Å²) < 4.78 is 59.3. The molecular formula is C27H21F2N3O6S. The quantitative estimate of drug-likeness (QED) is 0.450. The Morgan fingerprint density at radius 3 is 2.46 bits per heavy atom. The molecular weight excluding hydrogens is 532 g/mol. The van der Waals surface area contributed by atoms with E-state index in [1.807, 2.05) is 0 Å². The highest BCUT2D eigenvalue weighted by molar-refractivity contribution is 7.94. The zero-order valence-electron chi connectivity index (χ0n) is 20.4. The number of nitrogens with one attached hydrogen (secondary N) is 2. The van der Waals surface area contributed by atoms with Crippen molar-refractivity contribution in [2.45, 2.75) is 11.4 Å². The first kappa shape index (κ1) is 26.0. The summed E-state index contributed by atoms with van der Waals surface area (Å²) in [5, 5.41) is 6.03. The lowest BCUT2D eigenvalue weighted by Crippen LogP contribution is -2.46. The molecule has 200 valence electrons. The highest BCUT2D eigenvalue weighted by Gasteiger charge is 2.44. The molecule has 39 heavy (non-hydrogen) atoms. The Morgan fingerprint density at radius 2 is 1.74 bits per heavy atom. The lowest BCUT2D eigenvalue weighted by molar-refractivity contribution is -0.122. The van der Waals surface area contributed by atoms with E-state index < -0.39 is 45.0 Å². The molecule has 1 unspecified atom stereocenters. The van der Waals surface area contributed by atoms with Crippen LogP contribution in [0.5, 0.6) is 5.75 Å². The second-order valence-corrected chi connectivity index (χ2v) is 10.6. The van der Waals surface area contributed by atoms with Gasteiger partial charge in [-0.25, -0.2) is 17.2 Å². The highest BCUT2D eigenvalue weighted by atomic mass is 32.2. The second-order valence-electron chi connectivity index (χ2n) is 8.87. The van der Waals surface area contributed by atoms with Gasteiger partial charge in [-0.2, -0.15) is 0 Å². The Kier molecular flexibility index (Phi) is 6.64. The van der Waals surface area contributed by atoms with Crippen LogP contribution < -0.4 is 20.3 Å². The zero-order chi connectivity index (χ0) is 27.9. The fourth-order valence-electron chi connectivity index (χ4n) is 4.40. The summed E-state index contributed by atoms with van der Waals surface area (Å²) >= 11 is 0. The average molecular weight is 554 g/mol. The van der Waals surface area contributed by atoms with Crippen molar-refractivity contribution >= 4 is 38.8 Å². The van der Waals surface area contributed by atoms with Crippen molar-refractivity contribution in [3.05, 3.63) is 94.5 Å². The van der Waals surface area contributed by atoms with Crippen LogP contribution in [0.1, 0.15) is 15.9 Å². The highest BCUT2D eigenvalue weighted by Crippen LogP contribution is 2.40. The van der Waals surface area contributed by atoms with Crippen LogP contribution in [0.3, 0.4) is 0 Å². The van der Waals surface area contributed by atoms with Crippen LogP contribution in [-0.2, 0) is 26.0 Å². The number of hydrogen-bond donors (Lipinski definition) is 2. The van der Waals surface area contributed by atoms with E-state index >= 15 is 0 Å². The molecule has 9 nitrogen and oxygen atoms in total. The third-order valence-corrected chi connectivity index (χ3v) is 7.84. The van der Waals surface area contributed by atoms with Crippen molar-refractivity contribution in [2.24, 2.45) is 5.92 Å². The molecule has 0 saturated heterocycles. The zero-order valence-corrected chi connectivity index (χ0v) is 21.2. The first-order valence-corrected chi connectivity index (χ1v) is 13.2. The van der Waals surface area contributed by atoms with Gasteiger partial charge in [-0.3, -0.25) is 14.4 Å². The fraction of sp³-hybridized carbons (Fsp3) is 0.148. The van der Waals surface area contributed by atoms with Gasteiger partial charge in [-0.15, -0.1) is 0 Å². The largest absolute Gasteiger partial charge is 0.484 e. The van der Waals surface area contributed by atoms with Crippen molar-refractivity contribution < 1.29 is 36.3 Å². The number of likely N-dealkylation sites (N-methyl/N-ethyl adjacent to an activating group) is 1. The van der Waals surface area contributed by atoms with Gasteiger partial charge < -0.3 is 20.3 Å². The molecule has 0 bridgehead atoms. The van der Waals surface area contributed by atoms with Gasteiger partial charge >= 0.3 is 0 Å². The van der Waals surface area contributed by atoms with Gasteiger partial charge in [-0.05, 0) is 48.0 Å². The van der Waals surface area contributed by atoms with E-state index in [-0.39, 0.29) is 46.4 Å². The summed E-state index contributed by atoms with van der Waals surface area (Å²) in [5.74, 6) is -4.57. The van der Waals surface area contributed by atoms with Gasteiger partial charge in [0.2, 0.25) is 15.7 Å². The predicted octanol–water partition coefficient (Wildman–Crippen LogP) is 3.18. The number of ketones is 1. The number of sulfone groups is 1. The summed E-state index contributed by atoms with van der Waals surface area (Å²) in [7, 11) is -2.73. The first-order valence-electron chi connectivity index (χ1n) is 11.7. The van der Waals surface area contributed by atoms with Gasteiger partial charge in [0.05, 0.1) is 28.2 Å². The molecule has 0 aliphatic carbocycles. The number of fused-ring (bicyclic) bond motifs is 2. The number of ether oxygens (including phenoxy) is 1. The van der Waals surface area contributed by atoms with Gasteiger partial charge in [0.25, 0.3) is 5.91 Å². The number of rotatable bonds is 6. The molecule has 12 heteroatoms. The summed E-state index contributed by atoms with van der Waals surface area (Å²) in [6.07, 6.45) is 0. The maximum atomic E-state index is 14.2. The minimum Gasteiger partial charge on any atom is -0.484 e. The number of carbonyl (C=O) groups is 3. The van der Waals surface area contributed by atoms with Crippen LogP contribution in [0, 0.1) is 17.6 Å². The van der Waals surface area contributed by atoms with Gasteiger partial charge in [0.1, 0.15) is 23.3 Å². The van der Waals surface area contributed by atoms with Crippen LogP contribution in [0.25, 0.3) is 0 Å². The number of hydrogen-bond acceptors (Lipinski definition) is 7. The Labute approximate surface area is 222 Å². The van der Waals surface area contributed by atoms with Crippen LogP contribution in [0.4, 0.5) is 20.2 Å². The molecule has 0 radical (unpaired) electrons.